The van der Waals surface area contributed by atoms with Gasteiger partial charge < -0.3 is 26.8 Å². The van der Waals surface area contributed by atoms with Gasteiger partial charge in [0.1, 0.15) is 17.8 Å². The first-order valence-electron chi connectivity index (χ1n) is 12.0. The minimum atomic E-state index is -0.879. The van der Waals surface area contributed by atoms with E-state index in [9.17, 15) is 19.5 Å². The van der Waals surface area contributed by atoms with Crippen molar-refractivity contribution in [3.8, 4) is 5.75 Å². The van der Waals surface area contributed by atoms with Crippen LogP contribution in [0.3, 0.4) is 0 Å². The maximum Gasteiger partial charge on any atom is 0.243 e. The Labute approximate surface area is 206 Å². The van der Waals surface area contributed by atoms with E-state index in [1.54, 1.807) is 12.1 Å². The first-order chi connectivity index (χ1) is 16.5. The second-order valence-electron chi connectivity index (χ2n) is 9.60. The number of benzene rings is 2. The van der Waals surface area contributed by atoms with Crippen molar-refractivity contribution in [3.63, 3.8) is 0 Å². The number of hydrogen-bond donors (Lipinski definition) is 4. The Hall–Kier alpha value is -3.39. The highest BCUT2D eigenvalue weighted by Gasteiger charge is 2.37. The largest absolute Gasteiger partial charge is 0.508 e. The molecule has 2 aromatic rings. The second kappa shape index (κ2) is 10.9. The molecule has 0 aliphatic carbocycles. The Morgan fingerprint density at radius 3 is 2.17 bits per heavy atom. The number of carbonyl (C=O) groups excluding carboxylic acids is 3. The highest BCUT2D eigenvalue weighted by molar-refractivity contribution is 5.93. The van der Waals surface area contributed by atoms with E-state index in [-0.39, 0.29) is 11.7 Å². The van der Waals surface area contributed by atoms with Crippen molar-refractivity contribution in [2.24, 2.45) is 11.5 Å². The van der Waals surface area contributed by atoms with Gasteiger partial charge in [-0.15, -0.1) is 0 Å². The van der Waals surface area contributed by atoms with Crippen LogP contribution in [0.15, 0.2) is 30.3 Å². The summed E-state index contributed by atoms with van der Waals surface area (Å²) in [5.74, 6) is -1.15. The molecule has 6 N–H and O–H groups in total. The first-order valence-corrected chi connectivity index (χ1v) is 12.0. The van der Waals surface area contributed by atoms with Crippen LogP contribution in [0.5, 0.6) is 5.75 Å². The quantitative estimate of drug-likeness (QED) is 0.455. The van der Waals surface area contributed by atoms with Crippen LogP contribution in [-0.2, 0) is 27.2 Å². The number of nitrogens with one attached hydrogen (secondary N) is 1. The summed E-state index contributed by atoms with van der Waals surface area (Å²) in [7, 11) is 0. The van der Waals surface area contributed by atoms with Gasteiger partial charge in [-0.1, -0.05) is 18.2 Å². The van der Waals surface area contributed by atoms with Crippen LogP contribution >= 0.6 is 0 Å². The van der Waals surface area contributed by atoms with Crippen molar-refractivity contribution in [3.05, 3.63) is 63.7 Å². The molecular formula is C27H36N4O4. The Bertz CT molecular complexity index is 1090. The van der Waals surface area contributed by atoms with Gasteiger partial charge in [0.15, 0.2) is 0 Å². The molecule has 3 rings (SSSR count). The molecule has 2 aromatic carbocycles. The van der Waals surface area contributed by atoms with Crippen molar-refractivity contribution >= 4 is 17.7 Å². The fourth-order valence-electron chi connectivity index (χ4n) is 4.98. The maximum atomic E-state index is 13.2. The summed E-state index contributed by atoms with van der Waals surface area (Å²) < 4.78 is 0. The van der Waals surface area contributed by atoms with Crippen LogP contribution in [0.1, 0.15) is 46.2 Å². The topological polar surface area (TPSA) is 139 Å². The molecule has 0 radical (unpaired) electrons. The molecule has 0 bridgehead atoms. The number of nitrogens with zero attached hydrogens (tertiary/aromatic N) is 1. The van der Waals surface area contributed by atoms with Crippen LogP contribution in [-0.4, -0.2) is 52.4 Å². The molecule has 8 heteroatoms. The minimum absolute atomic E-state index is 0.171. The second-order valence-corrected chi connectivity index (χ2v) is 9.60. The Morgan fingerprint density at radius 2 is 1.60 bits per heavy atom. The molecule has 3 amide bonds. The number of phenolic OH excluding ortho intramolecular Hbond substituents is 1. The molecule has 0 unspecified atom stereocenters. The SMILES string of the molecule is Cc1cccc(C)c1C[C@H](NC(=O)[C@@H]1CCCN1C(=O)[C@@H](N)Cc1c(C)cc(O)cc1C)C(N)=O. The van der Waals surface area contributed by atoms with Crippen LogP contribution in [0.4, 0.5) is 0 Å². The molecule has 3 atom stereocenters. The molecule has 0 saturated carbocycles. The number of aromatic hydroxyl groups is 1. The van der Waals surface area contributed by atoms with E-state index >= 15 is 0 Å². The molecule has 0 aromatic heterocycles. The number of hydrogen-bond acceptors (Lipinski definition) is 5. The molecular weight excluding hydrogens is 444 g/mol. The van der Waals surface area contributed by atoms with Gasteiger partial charge in [0.2, 0.25) is 17.7 Å². The van der Waals surface area contributed by atoms with Gasteiger partial charge in [-0.3, -0.25) is 14.4 Å². The number of nitrogens with two attached hydrogens (primary N) is 2. The standard InChI is InChI=1S/C27H36N4O4/c1-15-7-5-8-16(2)21(15)14-23(25(29)33)30-26(34)24-9-6-10-31(24)27(35)22(28)13-20-17(3)11-19(32)12-18(20)4/h5,7-8,11-12,22-24,32H,6,9-10,13-14,28H2,1-4H3,(H2,29,33)(H,30,34)/t22-,23-,24-/m0/s1. The predicted octanol–water partition coefficient (Wildman–Crippen LogP) is 1.70. The average Bonchev–Trinajstić information content (AvgIpc) is 3.27. The number of primary amides is 1. The third kappa shape index (κ3) is 6.00. The molecule has 35 heavy (non-hydrogen) atoms. The van der Waals surface area contributed by atoms with Gasteiger partial charge in [0.05, 0.1) is 6.04 Å². The summed E-state index contributed by atoms with van der Waals surface area (Å²) in [5, 5.41) is 12.6. The molecule has 188 valence electrons. The third-order valence-corrected chi connectivity index (χ3v) is 6.97. The van der Waals surface area contributed by atoms with Crippen LogP contribution in [0, 0.1) is 27.7 Å². The van der Waals surface area contributed by atoms with Crippen molar-refractivity contribution in [2.45, 2.75) is 71.5 Å². The van der Waals surface area contributed by atoms with E-state index in [1.165, 1.54) is 4.90 Å². The lowest BCUT2D eigenvalue weighted by Crippen LogP contribution is -2.55. The normalized spacial score (nSPS) is 17.2. The third-order valence-electron chi connectivity index (χ3n) is 6.97. The van der Waals surface area contributed by atoms with Gasteiger partial charge in [-0.05, 0) is 92.5 Å². The molecule has 0 spiro atoms. The zero-order valence-electron chi connectivity index (χ0n) is 20.9. The Morgan fingerprint density at radius 1 is 1.03 bits per heavy atom. The molecule has 8 nitrogen and oxygen atoms in total. The summed E-state index contributed by atoms with van der Waals surface area (Å²) >= 11 is 0. The maximum absolute atomic E-state index is 13.2. The number of carbonyl (C=O) groups is 3. The summed E-state index contributed by atoms with van der Waals surface area (Å²) in [6.07, 6.45) is 1.76. The van der Waals surface area contributed by atoms with Crippen molar-refractivity contribution in [2.75, 3.05) is 6.54 Å². The molecule has 1 aliphatic rings. The zero-order valence-corrected chi connectivity index (χ0v) is 20.9. The van der Waals surface area contributed by atoms with Gasteiger partial charge in [0, 0.05) is 13.0 Å². The Balaban J connectivity index is 1.71. The van der Waals surface area contributed by atoms with Crippen LogP contribution in [0.25, 0.3) is 0 Å². The highest BCUT2D eigenvalue weighted by atomic mass is 16.3. The highest BCUT2D eigenvalue weighted by Crippen LogP contribution is 2.24. The number of aryl methyl sites for hydroxylation is 4. The average molecular weight is 481 g/mol. The fraction of sp³-hybridized carbons (Fsp3) is 0.444. The lowest BCUT2D eigenvalue weighted by atomic mass is 9.95. The minimum Gasteiger partial charge on any atom is -0.508 e. The summed E-state index contributed by atoms with van der Waals surface area (Å²) in [6, 6.07) is 6.74. The molecule has 1 aliphatic heterocycles. The van der Waals surface area contributed by atoms with Crippen molar-refractivity contribution in [1.82, 2.24) is 10.2 Å². The lowest BCUT2D eigenvalue weighted by molar-refractivity contribution is -0.140. The van der Waals surface area contributed by atoms with E-state index in [4.69, 9.17) is 11.5 Å². The van der Waals surface area contributed by atoms with Crippen LogP contribution < -0.4 is 16.8 Å². The molecule has 1 heterocycles. The number of rotatable bonds is 8. The number of phenols is 1. The van der Waals surface area contributed by atoms with Gasteiger partial charge in [-0.25, -0.2) is 0 Å². The van der Waals surface area contributed by atoms with Gasteiger partial charge >= 0.3 is 0 Å². The zero-order chi connectivity index (χ0) is 25.9. The monoisotopic (exact) mass is 480 g/mol. The lowest BCUT2D eigenvalue weighted by Gasteiger charge is -2.28. The van der Waals surface area contributed by atoms with E-state index in [1.807, 2.05) is 45.9 Å². The first kappa shape index (κ1) is 26.2. The molecule has 1 saturated heterocycles. The summed E-state index contributed by atoms with van der Waals surface area (Å²) in [4.78, 5) is 40.1. The summed E-state index contributed by atoms with van der Waals surface area (Å²) in [6.45, 7) is 8.07. The fourth-order valence-corrected chi connectivity index (χ4v) is 4.98. The summed E-state index contributed by atoms with van der Waals surface area (Å²) in [5.41, 5.74) is 17.6. The van der Waals surface area contributed by atoms with E-state index in [2.05, 4.69) is 5.32 Å². The van der Waals surface area contributed by atoms with E-state index in [0.717, 1.165) is 33.4 Å². The van der Waals surface area contributed by atoms with Crippen LogP contribution in [0.2, 0.25) is 0 Å². The van der Waals surface area contributed by atoms with Crippen molar-refractivity contribution in [1.29, 1.82) is 0 Å². The Kier molecular flexibility index (Phi) is 8.17. The predicted molar refractivity (Wildman–Crippen MR) is 135 cm³/mol. The van der Waals surface area contributed by atoms with E-state index < -0.39 is 29.9 Å². The van der Waals surface area contributed by atoms with E-state index in [0.29, 0.717) is 32.2 Å². The van der Waals surface area contributed by atoms with Gasteiger partial charge in [0.25, 0.3) is 0 Å². The number of likely N-dealkylation sites (tertiary alicyclic amines) is 1. The van der Waals surface area contributed by atoms with Gasteiger partial charge in [-0.2, -0.15) is 0 Å². The number of amides is 3. The smallest absolute Gasteiger partial charge is 0.243 e. The van der Waals surface area contributed by atoms with Crippen molar-refractivity contribution < 1.29 is 19.5 Å². The molecule has 1 fully saturated rings.